The van der Waals surface area contributed by atoms with E-state index in [1.807, 2.05) is 35.2 Å². The predicted octanol–water partition coefficient (Wildman–Crippen LogP) is 1.89. The molecule has 0 unspecified atom stereocenters. The lowest BCUT2D eigenvalue weighted by Crippen LogP contribution is -2.49. The molecule has 26 heavy (non-hydrogen) atoms. The number of nitrogens with zero attached hydrogens (tertiary/aromatic N) is 6. The standard InChI is InChI=1S/C15H15ClN6O2S2/c16-13-6-7-14(25-13)26(23,24)21-10-8-20(9-11-21)15-17-18-19-22(15)12-4-2-1-3-5-12/h1-7H,8-11H2. The van der Waals surface area contributed by atoms with Crippen molar-refractivity contribution >= 4 is 38.9 Å². The first kappa shape index (κ1) is 17.4. The number of para-hydroxylation sites is 1. The van der Waals surface area contributed by atoms with Gasteiger partial charge in [0.25, 0.3) is 10.0 Å². The molecule has 3 aromatic rings. The molecule has 0 bridgehead atoms. The van der Waals surface area contributed by atoms with Crippen LogP contribution in [0.15, 0.2) is 46.7 Å². The van der Waals surface area contributed by atoms with Gasteiger partial charge in [0, 0.05) is 26.2 Å². The summed E-state index contributed by atoms with van der Waals surface area (Å²) in [5.74, 6) is 0.604. The third-order valence-electron chi connectivity index (χ3n) is 4.12. The third kappa shape index (κ3) is 3.20. The van der Waals surface area contributed by atoms with Crippen LogP contribution in [0.3, 0.4) is 0 Å². The minimum atomic E-state index is -3.51. The Balaban J connectivity index is 1.51. The largest absolute Gasteiger partial charge is 0.337 e. The van der Waals surface area contributed by atoms with Gasteiger partial charge in [0.1, 0.15) is 4.21 Å². The maximum Gasteiger partial charge on any atom is 0.252 e. The summed E-state index contributed by atoms with van der Waals surface area (Å²) >= 11 is 6.95. The molecule has 0 spiro atoms. The molecule has 2 aromatic heterocycles. The number of benzene rings is 1. The molecular formula is C15H15ClN6O2S2. The van der Waals surface area contributed by atoms with Crippen LogP contribution in [0.2, 0.25) is 4.34 Å². The molecule has 1 aromatic carbocycles. The molecule has 1 saturated heterocycles. The van der Waals surface area contributed by atoms with Gasteiger partial charge in [-0.15, -0.1) is 11.3 Å². The van der Waals surface area contributed by atoms with Crippen LogP contribution < -0.4 is 4.90 Å². The van der Waals surface area contributed by atoms with E-state index in [0.29, 0.717) is 36.5 Å². The summed E-state index contributed by atoms with van der Waals surface area (Å²) in [6.07, 6.45) is 0. The van der Waals surface area contributed by atoms with E-state index >= 15 is 0 Å². The number of thiophene rings is 1. The SMILES string of the molecule is O=S(=O)(c1ccc(Cl)s1)N1CCN(c2nnnn2-c2ccccc2)CC1. The number of sulfonamides is 1. The number of hydrogen-bond donors (Lipinski definition) is 0. The Hall–Kier alpha value is -2.01. The highest BCUT2D eigenvalue weighted by atomic mass is 35.5. The van der Waals surface area contributed by atoms with Gasteiger partial charge in [-0.2, -0.15) is 8.99 Å². The molecule has 1 fully saturated rings. The van der Waals surface area contributed by atoms with Crippen molar-refractivity contribution in [2.45, 2.75) is 4.21 Å². The Bertz CT molecular complexity index is 996. The maximum absolute atomic E-state index is 12.7. The summed E-state index contributed by atoms with van der Waals surface area (Å²) in [6, 6.07) is 12.7. The lowest BCUT2D eigenvalue weighted by molar-refractivity contribution is 0.382. The summed E-state index contributed by atoms with van der Waals surface area (Å²) in [4.78, 5) is 1.99. The molecule has 1 aliphatic rings. The second-order valence-corrected chi connectivity index (χ2v) is 9.56. The molecule has 11 heteroatoms. The summed E-state index contributed by atoms with van der Waals surface area (Å²) in [7, 11) is -3.51. The van der Waals surface area contributed by atoms with E-state index in [-0.39, 0.29) is 4.21 Å². The fourth-order valence-electron chi connectivity index (χ4n) is 2.81. The molecule has 136 valence electrons. The quantitative estimate of drug-likeness (QED) is 0.653. The van der Waals surface area contributed by atoms with Gasteiger partial charge in [-0.05, 0) is 34.7 Å². The Labute approximate surface area is 159 Å². The van der Waals surface area contributed by atoms with Crippen molar-refractivity contribution < 1.29 is 8.42 Å². The van der Waals surface area contributed by atoms with Gasteiger partial charge < -0.3 is 4.90 Å². The van der Waals surface area contributed by atoms with E-state index in [9.17, 15) is 8.42 Å². The molecule has 0 atom stereocenters. The number of anilines is 1. The molecule has 0 aliphatic carbocycles. The van der Waals surface area contributed by atoms with E-state index in [1.54, 1.807) is 16.8 Å². The summed E-state index contributed by atoms with van der Waals surface area (Å²) in [5, 5.41) is 11.9. The lowest BCUT2D eigenvalue weighted by atomic mass is 10.3. The summed E-state index contributed by atoms with van der Waals surface area (Å²) in [5.41, 5.74) is 0.857. The average Bonchev–Trinajstić information content (AvgIpc) is 3.32. The topological polar surface area (TPSA) is 84.2 Å². The van der Waals surface area contributed by atoms with Crippen molar-refractivity contribution in [2.75, 3.05) is 31.1 Å². The Morgan fingerprint density at radius 1 is 1.00 bits per heavy atom. The highest BCUT2D eigenvalue weighted by Crippen LogP contribution is 2.29. The van der Waals surface area contributed by atoms with Crippen molar-refractivity contribution in [3.63, 3.8) is 0 Å². The number of rotatable bonds is 4. The summed E-state index contributed by atoms with van der Waals surface area (Å²) < 4.78 is 29.3. The highest BCUT2D eigenvalue weighted by molar-refractivity contribution is 7.91. The minimum Gasteiger partial charge on any atom is -0.337 e. The van der Waals surface area contributed by atoms with Crippen LogP contribution in [-0.2, 0) is 10.0 Å². The Kier molecular flexibility index (Phi) is 4.65. The van der Waals surface area contributed by atoms with E-state index in [0.717, 1.165) is 17.0 Å². The van der Waals surface area contributed by atoms with Crippen LogP contribution >= 0.6 is 22.9 Å². The van der Waals surface area contributed by atoms with Crippen molar-refractivity contribution in [1.82, 2.24) is 24.5 Å². The van der Waals surface area contributed by atoms with Crippen LogP contribution in [0.5, 0.6) is 0 Å². The zero-order valence-corrected chi connectivity index (χ0v) is 16.0. The second kappa shape index (κ2) is 6.95. The molecule has 0 N–H and O–H groups in total. The molecule has 0 amide bonds. The average molecular weight is 411 g/mol. The zero-order chi connectivity index (χ0) is 18.1. The number of tetrazole rings is 1. The Morgan fingerprint density at radius 2 is 1.73 bits per heavy atom. The molecule has 1 aliphatic heterocycles. The predicted molar refractivity (Wildman–Crippen MR) is 99.5 cm³/mol. The molecular weight excluding hydrogens is 396 g/mol. The number of aromatic nitrogens is 4. The van der Waals surface area contributed by atoms with Crippen LogP contribution in [0, 0.1) is 0 Å². The molecule has 8 nitrogen and oxygen atoms in total. The van der Waals surface area contributed by atoms with E-state index in [4.69, 9.17) is 11.6 Å². The number of halogens is 1. The molecule has 0 saturated carbocycles. The van der Waals surface area contributed by atoms with E-state index < -0.39 is 10.0 Å². The first-order valence-electron chi connectivity index (χ1n) is 7.90. The molecule has 4 rings (SSSR count). The van der Waals surface area contributed by atoms with Crippen LogP contribution in [0.25, 0.3) is 5.69 Å². The summed E-state index contributed by atoms with van der Waals surface area (Å²) in [6.45, 7) is 1.73. The first-order valence-corrected chi connectivity index (χ1v) is 10.5. The first-order chi connectivity index (χ1) is 12.6. The highest BCUT2D eigenvalue weighted by Gasteiger charge is 2.31. The van der Waals surface area contributed by atoms with Crippen LogP contribution in [0.1, 0.15) is 0 Å². The number of piperazine rings is 1. The zero-order valence-electron chi connectivity index (χ0n) is 13.6. The van der Waals surface area contributed by atoms with Gasteiger partial charge in [-0.25, -0.2) is 8.42 Å². The molecule has 0 radical (unpaired) electrons. The normalized spacial score (nSPS) is 16.1. The fourth-order valence-corrected chi connectivity index (χ4v) is 5.87. The van der Waals surface area contributed by atoms with E-state index in [2.05, 4.69) is 15.5 Å². The van der Waals surface area contributed by atoms with Crippen LogP contribution in [0.4, 0.5) is 5.95 Å². The van der Waals surface area contributed by atoms with Crippen molar-refractivity contribution in [3.05, 3.63) is 46.8 Å². The Morgan fingerprint density at radius 3 is 2.38 bits per heavy atom. The van der Waals surface area contributed by atoms with Gasteiger partial charge in [0.15, 0.2) is 0 Å². The smallest absolute Gasteiger partial charge is 0.252 e. The van der Waals surface area contributed by atoms with Crippen LogP contribution in [-0.4, -0.2) is 59.1 Å². The molecule has 3 heterocycles. The monoisotopic (exact) mass is 410 g/mol. The van der Waals surface area contributed by atoms with Crippen molar-refractivity contribution in [2.24, 2.45) is 0 Å². The van der Waals surface area contributed by atoms with Crippen molar-refractivity contribution in [3.8, 4) is 5.69 Å². The lowest BCUT2D eigenvalue weighted by Gasteiger charge is -2.33. The minimum absolute atomic E-state index is 0.269. The van der Waals surface area contributed by atoms with Gasteiger partial charge in [0.2, 0.25) is 5.95 Å². The van der Waals surface area contributed by atoms with Gasteiger partial charge >= 0.3 is 0 Å². The van der Waals surface area contributed by atoms with Crippen molar-refractivity contribution in [1.29, 1.82) is 0 Å². The fraction of sp³-hybridized carbons (Fsp3) is 0.267. The van der Waals surface area contributed by atoms with Gasteiger partial charge in [-0.1, -0.05) is 34.9 Å². The van der Waals surface area contributed by atoms with E-state index in [1.165, 1.54) is 4.31 Å². The van der Waals surface area contributed by atoms with Gasteiger partial charge in [0.05, 0.1) is 10.0 Å². The second-order valence-electron chi connectivity index (χ2n) is 5.68. The van der Waals surface area contributed by atoms with Gasteiger partial charge in [-0.3, -0.25) is 0 Å². The third-order valence-corrected chi connectivity index (χ3v) is 7.72. The maximum atomic E-state index is 12.7. The number of hydrogen-bond acceptors (Lipinski definition) is 7.